The number of aryl methyl sites for hydroxylation is 2. The third-order valence-corrected chi connectivity index (χ3v) is 6.51. The SMILES string of the molecule is Cc1ccc(Nc2cnn(C)c2)cc1C(=O)N[C@H](C)c1cccc(-c2ccc(CN)s2)c1. The number of carbonyl (C=O) groups excluding carboxylic acids is 1. The first-order chi connectivity index (χ1) is 15.4. The molecule has 0 aliphatic carbocycles. The summed E-state index contributed by atoms with van der Waals surface area (Å²) in [5.41, 5.74) is 11.2. The fourth-order valence-electron chi connectivity index (χ4n) is 3.56. The summed E-state index contributed by atoms with van der Waals surface area (Å²) in [7, 11) is 1.87. The van der Waals surface area contributed by atoms with Gasteiger partial charge in [0, 0.05) is 40.8 Å². The van der Waals surface area contributed by atoms with Crippen molar-refractivity contribution in [2.45, 2.75) is 26.4 Å². The zero-order valence-electron chi connectivity index (χ0n) is 18.4. The highest BCUT2D eigenvalue weighted by Gasteiger charge is 2.15. The van der Waals surface area contributed by atoms with Gasteiger partial charge in [0.05, 0.1) is 17.9 Å². The lowest BCUT2D eigenvalue weighted by Crippen LogP contribution is -2.27. The molecule has 2 heterocycles. The molecular weight excluding hydrogens is 418 g/mol. The van der Waals surface area contributed by atoms with Gasteiger partial charge in [-0.3, -0.25) is 9.48 Å². The molecule has 0 saturated heterocycles. The molecule has 0 radical (unpaired) electrons. The van der Waals surface area contributed by atoms with Gasteiger partial charge in [0.1, 0.15) is 0 Å². The number of nitrogens with two attached hydrogens (primary N) is 1. The molecule has 0 fully saturated rings. The third-order valence-electron chi connectivity index (χ3n) is 5.36. The first kappa shape index (κ1) is 21.8. The Kier molecular flexibility index (Phi) is 6.39. The molecule has 164 valence electrons. The minimum absolute atomic E-state index is 0.100. The van der Waals surface area contributed by atoms with Gasteiger partial charge in [-0.1, -0.05) is 24.3 Å². The Morgan fingerprint density at radius 2 is 2.00 bits per heavy atom. The van der Waals surface area contributed by atoms with E-state index in [9.17, 15) is 4.79 Å². The molecule has 0 bridgehead atoms. The minimum atomic E-state index is -0.134. The Labute approximate surface area is 192 Å². The molecule has 1 atom stereocenters. The quantitative estimate of drug-likeness (QED) is 0.367. The normalized spacial score (nSPS) is 11.9. The van der Waals surface area contributed by atoms with Crippen molar-refractivity contribution in [2.75, 3.05) is 5.32 Å². The first-order valence-corrected chi connectivity index (χ1v) is 11.3. The minimum Gasteiger partial charge on any atom is -0.353 e. The van der Waals surface area contributed by atoms with Gasteiger partial charge in [-0.05, 0) is 60.9 Å². The molecule has 2 aromatic heterocycles. The first-order valence-electron chi connectivity index (χ1n) is 10.5. The highest BCUT2D eigenvalue weighted by molar-refractivity contribution is 7.15. The maximum Gasteiger partial charge on any atom is 0.252 e. The standard InChI is InChI=1S/C25H27N5OS/c1-16-7-8-20(29-21-14-27-30(3)15-21)12-23(16)25(31)28-17(2)18-5-4-6-19(11-18)24-10-9-22(13-26)32-24/h4-12,14-15,17,29H,13,26H2,1-3H3,(H,28,31)/t17-/m1/s1. The van der Waals surface area contributed by atoms with Gasteiger partial charge in [-0.2, -0.15) is 5.10 Å². The number of thiophene rings is 1. The number of carbonyl (C=O) groups is 1. The van der Waals surface area contributed by atoms with Crippen molar-refractivity contribution >= 4 is 28.6 Å². The molecule has 2 aromatic carbocycles. The van der Waals surface area contributed by atoms with Gasteiger partial charge >= 0.3 is 0 Å². The van der Waals surface area contributed by atoms with Crippen LogP contribution >= 0.6 is 11.3 Å². The molecule has 4 N–H and O–H groups in total. The van der Waals surface area contributed by atoms with Crippen LogP contribution in [0.1, 0.15) is 39.3 Å². The summed E-state index contributed by atoms with van der Waals surface area (Å²) in [6, 6.07) is 18.1. The Balaban J connectivity index is 1.50. The van der Waals surface area contributed by atoms with E-state index in [-0.39, 0.29) is 11.9 Å². The monoisotopic (exact) mass is 445 g/mol. The number of anilines is 2. The second kappa shape index (κ2) is 9.38. The van der Waals surface area contributed by atoms with Gasteiger partial charge in [-0.25, -0.2) is 0 Å². The van der Waals surface area contributed by atoms with E-state index in [1.807, 2.05) is 57.4 Å². The van der Waals surface area contributed by atoms with E-state index >= 15 is 0 Å². The van der Waals surface area contributed by atoms with Crippen LogP contribution < -0.4 is 16.4 Å². The average Bonchev–Trinajstić information content (AvgIpc) is 3.44. The van der Waals surface area contributed by atoms with Crippen molar-refractivity contribution in [3.8, 4) is 10.4 Å². The van der Waals surface area contributed by atoms with Crippen molar-refractivity contribution in [2.24, 2.45) is 12.8 Å². The number of nitrogens with zero attached hydrogens (tertiary/aromatic N) is 2. The number of rotatable bonds is 7. The number of amides is 1. The molecule has 0 unspecified atom stereocenters. The van der Waals surface area contributed by atoms with Crippen LogP contribution in [0.25, 0.3) is 10.4 Å². The Morgan fingerprint density at radius 3 is 2.72 bits per heavy atom. The zero-order chi connectivity index (χ0) is 22.7. The number of nitrogens with one attached hydrogen (secondary N) is 2. The average molecular weight is 446 g/mol. The van der Waals surface area contributed by atoms with E-state index in [2.05, 4.69) is 40.0 Å². The summed E-state index contributed by atoms with van der Waals surface area (Å²) in [4.78, 5) is 15.4. The van der Waals surface area contributed by atoms with Gasteiger partial charge < -0.3 is 16.4 Å². The highest BCUT2D eigenvalue weighted by Crippen LogP contribution is 2.30. The molecule has 0 spiro atoms. The van der Waals surface area contributed by atoms with Crippen molar-refractivity contribution in [3.63, 3.8) is 0 Å². The number of aromatic nitrogens is 2. The lowest BCUT2D eigenvalue weighted by atomic mass is 10.0. The molecule has 32 heavy (non-hydrogen) atoms. The topological polar surface area (TPSA) is 85.0 Å². The second-order valence-corrected chi connectivity index (χ2v) is 9.02. The van der Waals surface area contributed by atoms with E-state index in [0.717, 1.165) is 32.9 Å². The van der Waals surface area contributed by atoms with E-state index in [4.69, 9.17) is 5.73 Å². The van der Waals surface area contributed by atoms with Gasteiger partial charge in [0.2, 0.25) is 0 Å². The zero-order valence-corrected chi connectivity index (χ0v) is 19.2. The Bertz CT molecular complexity index is 1240. The summed E-state index contributed by atoms with van der Waals surface area (Å²) in [6.07, 6.45) is 3.64. The summed E-state index contributed by atoms with van der Waals surface area (Å²) < 4.78 is 1.73. The van der Waals surface area contributed by atoms with Crippen LogP contribution in [0, 0.1) is 6.92 Å². The number of hydrogen-bond acceptors (Lipinski definition) is 5. The molecule has 0 aliphatic heterocycles. The van der Waals surface area contributed by atoms with Crippen molar-refractivity contribution in [1.29, 1.82) is 0 Å². The predicted octanol–water partition coefficient (Wildman–Crippen LogP) is 5.15. The molecule has 4 rings (SSSR count). The van der Waals surface area contributed by atoms with E-state index in [0.29, 0.717) is 12.1 Å². The van der Waals surface area contributed by atoms with E-state index in [1.54, 1.807) is 22.2 Å². The molecule has 4 aromatic rings. The summed E-state index contributed by atoms with van der Waals surface area (Å²) in [6.45, 7) is 4.49. The summed E-state index contributed by atoms with van der Waals surface area (Å²) >= 11 is 1.70. The van der Waals surface area contributed by atoms with Crippen LogP contribution in [0.15, 0.2) is 67.0 Å². The Morgan fingerprint density at radius 1 is 1.16 bits per heavy atom. The van der Waals surface area contributed by atoms with Gasteiger partial charge in [0.25, 0.3) is 5.91 Å². The van der Waals surface area contributed by atoms with Crippen LogP contribution in [0.4, 0.5) is 11.4 Å². The van der Waals surface area contributed by atoms with Gasteiger partial charge in [-0.15, -0.1) is 11.3 Å². The summed E-state index contributed by atoms with van der Waals surface area (Å²) in [5.74, 6) is -0.100. The molecule has 1 amide bonds. The Hall–Kier alpha value is -3.42. The number of benzene rings is 2. The van der Waals surface area contributed by atoms with Gasteiger partial charge in [0.15, 0.2) is 0 Å². The largest absolute Gasteiger partial charge is 0.353 e. The van der Waals surface area contributed by atoms with Crippen LogP contribution in [0.5, 0.6) is 0 Å². The lowest BCUT2D eigenvalue weighted by Gasteiger charge is -2.17. The molecule has 7 heteroatoms. The summed E-state index contributed by atoms with van der Waals surface area (Å²) in [5, 5.41) is 10.6. The highest BCUT2D eigenvalue weighted by atomic mass is 32.1. The predicted molar refractivity (Wildman–Crippen MR) is 131 cm³/mol. The van der Waals surface area contributed by atoms with Crippen LogP contribution in [0.2, 0.25) is 0 Å². The third kappa shape index (κ3) is 4.90. The maximum absolute atomic E-state index is 13.1. The van der Waals surface area contributed by atoms with Crippen LogP contribution in [-0.2, 0) is 13.6 Å². The van der Waals surface area contributed by atoms with E-state index in [1.165, 1.54) is 4.88 Å². The smallest absolute Gasteiger partial charge is 0.252 e. The molecule has 6 nitrogen and oxygen atoms in total. The van der Waals surface area contributed by atoms with Crippen molar-refractivity contribution in [3.05, 3.63) is 88.6 Å². The molecular formula is C25H27N5OS. The second-order valence-electron chi connectivity index (χ2n) is 7.85. The van der Waals surface area contributed by atoms with Crippen molar-refractivity contribution in [1.82, 2.24) is 15.1 Å². The fraction of sp³-hybridized carbons (Fsp3) is 0.200. The molecule has 0 saturated carbocycles. The van der Waals surface area contributed by atoms with E-state index < -0.39 is 0 Å². The van der Waals surface area contributed by atoms with Crippen LogP contribution in [0.3, 0.4) is 0 Å². The van der Waals surface area contributed by atoms with Crippen LogP contribution in [-0.4, -0.2) is 15.7 Å². The lowest BCUT2D eigenvalue weighted by molar-refractivity contribution is 0.0939. The van der Waals surface area contributed by atoms with Crippen molar-refractivity contribution < 1.29 is 4.79 Å². The fourth-order valence-corrected chi connectivity index (χ4v) is 4.44. The molecule has 0 aliphatic rings. The number of hydrogen-bond donors (Lipinski definition) is 3. The maximum atomic E-state index is 13.1.